The van der Waals surface area contributed by atoms with Gasteiger partial charge in [-0.1, -0.05) is 35.3 Å². The zero-order valence-electron chi connectivity index (χ0n) is 11.6. The molecule has 2 aromatic carbocycles. The van der Waals surface area contributed by atoms with Crippen LogP contribution >= 0.6 is 47.2 Å². The van der Waals surface area contributed by atoms with E-state index < -0.39 is 0 Å². The van der Waals surface area contributed by atoms with Gasteiger partial charge < -0.3 is 10.2 Å². The monoisotopic (exact) mass is 368 g/mol. The number of benzene rings is 2. The Hall–Kier alpha value is -0.940. The lowest BCUT2D eigenvalue weighted by Crippen LogP contribution is -2.34. The Morgan fingerprint density at radius 2 is 1.64 bits per heavy atom. The molecule has 0 aromatic heterocycles. The predicted molar refractivity (Wildman–Crippen MR) is 101 cm³/mol. The molecule has 1 unspecified atom stereocenters. The molecule has 0 bridgehead atoms. The first-order chi connectivity index (χ1) is 10.6. The summed E-state index contributed by atoms with van der Waals surface area (Å²) in [5.41, 5.74) is 2.16. The lowest BCUT2D eigenvalue weighted by molar-refractivity contribution is 0.458. The van der Waals surface area contributed by atoms with Crippen LogP contribution < -0.4 is 5.32 Å². The Kier molecular flexibility index (Phi) is 5.14. The summed E-state index contributed by atoms with van der Waals surface area (Å²) in [7, 11) is 0. The van der Waals surface area contributed by atoms with Gasteiger partial charge in [0.2, 0.25) is 0 Å². The van der Waals surface area contributed by atoms with E-state index in [1.165, 1.54) is 5.56 Å². The fraction of sp³-hybridized carbons (Fsp3) is 0.188. The van der Waals surface area contributed by atoms with Gasteiger partial charge in [-0.15, -0.1) is 11.8 Å². The summed E-state index contributed by atoms with van der Waals surface area (Å²) in [6, 6.07) is 15.5. The number of nitrogens with one attached hydrogen (secondary N) is 1. The normalized spacial score (nSPS) is 17.5. The number of nitrogens with zero attached hydrogens (tertiary/aromatic N) is 1. The molecule has 0 saturated carbocycles. The van der Waals surface area contributed by atoms with Crippen LogP contribution in [0.4, 0.5) is 5.69 Å². The molecule has 0 amide bonds. The van der Waals surface area contributed by atoms with Crippen LogP contribution in [0.1, 0.15) is 10.9 Å². The number of hydrogen-bond donors (Lipinski definition) is 1. The number of rotatable bonds is 2. The molecule has 0 aliphatic carbocycles. The highest BCUT2D eigenvalue weighted by molar-refractivity contribution is 7.99. The average molecular weight is 369 g/mol. The molecule has 3 rings (SSSR count). The highest BCUT2D eigenvalue weighted by atomic mass is 35.5. The van der Waals surface area contributed by atoms with Gasteiger partial charge in [0.15, 0.2) is 5.11 Å². The Bertz CT molecular complexity index is 659. The van der Waals surface area contributed by atoms with E-state index in [4.69, 9.17) is 35.4 Å². The lowest BCUT2D eigenvalue weighted by Gasteiger charge is -2.27. The van der Waals surface area contributed by atoms with E-state index in [1.54, 1.807) is 0 Å². The van der Waals surface area contributed by atoms with Crippen molar-refractivity contribution in [2.45, 2.75) is 5.37 Å². The van der Waals surface area contributed by atoms with Gasteiger partial charge in [-0.2, -0.15) is 0 Å². The standard InChI is InChI=1S/C16H14Cl2N2S2/c17-12-3-1-11(2-4-12)15-20(9-10-22-15)16(21)19-14-7-5-13(18)6-8-14/h1-8,15H,9-10H2,(H,19,21). The third-order valence-corrected chi connectivity index (χ3v) is 5.50. The molecule has 22 heavy (non-hydrogen) atoms. The van der Waals surface area contributed by atoms with Crippen molar-refractivity contribution in [2.75, 3.05) is 17.6 Å². The quantitative estimate of drug-likeness (QED) is 0.709. The van der Waals surface area contributed by atoms with Crippen LogP contribution in [0, 0.1) is 0 Å². The average Bonchev–Trinajstić information content (AvgIpc) is 3.00. The van der Waals surface area contributed by atoms with Crippen LogP contribution in [0.5, 0.6) is 0 Å². The van der Waals surface area contributed by atoms with E-state index >= 15 is 0 Å². The molecule has 1 aliphatic rings. The van der Waals surface area contributed by atoms with Gasteiger partial charge in [0.05, 0.1) is 0 Å². The number of halogens is 2. The van der Waals surface area contributed by atoms with Crippen LogP contribution in [0.2, 0.25) is 10.0 Å². The second-order valence-electron chi connectivity index (χ2n) is 4.91. The first-order valence-corrected chi connectivity index (χ1v) is 9.05. The number of hydrogen-bond acceptors (Lipinski definition) is 2. The summed E-state index contributed by atoms with van der Waals surface area (Å²) < 4.78 is 0. The molecule has 2 aromatic rings. The molecule has 1 heterocycles. The van der Waals surface area contributed by atoms with Crippen molar-refractivity contribution < 1.29 is 0 Å². The summed E-state index contributed by atoms with van der Waals surface area (Å²) in [6.45, 7) is 0.928. The highest BCUT2D eigenvalue weighted by Gasteiger charge is 2.28. The van der Waals surface area contributed by atoms with Gasteiger partial charge >= 0.3 is 0 Å². The van der Waals surface area contributed by atoms with Gasteiger partial charge in [-0.25, -0.2) is 0 Å². The third-order valence-electron chi connectivity index (χ3n) is 3.40. The largest absolute Gasteiger partial charge is 0.333 e. The minimum Gasteiger partial charge on any atom is -0.333 e. The molecular formula is C16H14Cl2N2S2. The van der Waals surface area contributed by atoms with Crippen molar-refractivity contribution in [3.63, 3.8) is 0 Å². The molecular weight excluding hydrogens is 355 g/mol. The van der Waals surface area contributed by atoms with Crippen molar-refractivity contribution >= 4 is 58.0 Å². The molecule has 6 heteroatoms. The zero-order chi connectivity index (χ0) is 15.5. The topological polar surface area (TPSA) is 15.3 Å². The number of thioether (sulfide) groups is 1. The van der Waals surface area contributed by atoms with Crippen molar-refractivity contribution in [3.05, 3.63) is 64.1 Å². The van der Waals surface area contributed by atoms with E-state index in [2.05, 4.69) is 22.3 Å². The molecule has 1 fully saturated rings. The molecule has 2 nitrogen and oxygen atoms in total. The van der Waals surface area contributed by atoms with Crippen LogP contribution in [-0.4, -0.2) is 22.3 Å². The molecule has 0 radical (unpaired) electrons. The van der Waals surface area contributed by atoms with Crippen molar-refractivity contribution in [3.8, 4) is 0 Å². The SMILES string of the molecule is S=C(Nc1ccc(Cl)cc1)N1CCSC1c1ccc(Cl)cc1. The minimum absolute atomic E-state index is 0.226. The summed E-state index contributed by atoms with van der Waals surface area (Å²) in [5.74, 6) is 1.05. The summed E-state index contributed by atoms with van der Waals surface area (Å²) in [6.07, 6.45) is 0. The Labute approximate surface area is 149 Å². The van der Waals surface area contributed by atoms with E-state index in [1.807, 2.05) is 48.2 Å². The Morgan fingerprint density at radius 1 is 1.05 bits per heavy atom. The van der Waals surface area contributed by atoms with E-state index in [9.17, 15) is 0 Å². The van der Waals surface area contributed by atoms with E-state index in [0.717, 1.165) is 28.1 Å². The molecule has 1 aliphatic heterocycles. The molecule has 0 spiro atoms. The fourth-order valence-electron chi connectivity index (χ4n) is 2.31. The molecule has 114 valence electrons. The van der Waals surface area contributed by atoms with Gasteiger partial charge in [0.25, 0.3) is 0 Å². The van der Waals surface area contributed by atoms with E-state index in [-0.39, 0.29) is 5.37 Å². The van der Waals surface area contributed by atoms with Gasteiger partial charge in [-0.05, 0) is 54.2 Å². The number of thiocarbonyl (C=S) groups is 1. The van der Waals surface area contributed by atoms with Crippen LogP contribution in [0.25, 0.3) is 0 Å². The predicted octanol–water partition coefficient (Wildman–Crippen LogP) is 5.44. The van der Waals surface area contributed by atoms with Crippen LogP contribution in [-0.2, 0) is 0 Å². The second kappa shape index (κ2) is 7.09. The maximum Gasteiger partial charge on any atom is 0.174 e. The zero-order valence-corrected chi connectivity index (χ0v) is 14.8. The Balaban J connectivity index is 1.73. The highest BCUT2D eigenvalue weighted by Crippen LogP contribution is 2.38. The van der Waals surface area contributed by atoms with Crippen molar-refractivity contribution in [2.24, 2.45) is 0 Å². The molecule has 1 saturated heterocycles. The van der Waals surface area contributed by atoms with Crippen LogP contribution in [0.3, 0.4) is 0 Å². The van der Waals surface area contributed by atoms with E-state index in [0.29, 0.717) is 5.02 Å². The summed E-state index contributed by atoms with van der Waals surface area (Å²) in [5, 5.41) is 5.70. The maximum absolute atomic E-state index is 5.97. The maximum atomic E-state index is 5.97. The molecule has 1 N–H and O–H groups in total. The van der Waals surface area contributed by atoms with Gasteiger partial charge in [0.1, 0.15) is 5.37 Å². The summed E-state index contributed by atoms with van der Waals surface area (Å²) >= 11 is 19.3. The second-order valence-corrected chi connectivity index (χ2v) is 7.35. The Morgan fingerprint density at radius 3 is 2.27 bits per heavy atom. The third kappa shape index (κ3) is 3.69. The molecule has 1 atom stereocenters. The number of anilines is 1. The van der Waals surface area contributed by atoms with Crippen LogP contribution in [0.15, 0.2) is 48.5 Å². The smallest absolute Gasteiger partial charge is 0.174 e. The van der Waals surface area contributed by atoms with Gasteiger partial charge in [-0.3, -0.25) is 0 Å². The van der Waals surface area contributed by atoms with Crippen molar-refractivity contribution in [1.82, 2.24) is 4.90 Å². The first-order valence-electron chi connectivity index (χ1n) is 6.84. The minimum atomic E-state index is 0.226. The summed E-state index contributed by atoms with van der Waals surface area (Å²) in [4.78, 5) is 2.21. The lowest BCUT2D eigenvalue weighted by atomic mass is 10.2. The first kappa shape index (κ1) is 15.9. The van der Waals surface area contributed by atoms with Gasteiger partial charge in [0, 0.05) is 28.0 Å². The fourth-order valence-corrected chi connectivity index (χ4v) is 4.21. The van der Waals surface area contributed by atoms with Crippen molar-refractivity contribution in [1.29, 1.82) is 0 Å².